The molecule has 5 nitrogen and oxygen atoms in total. The van der Waals surface area contributed by atoms with Gasteiger partial charge in [-0.15, -0.1) is 5.92 Å². The molecule has 0 radical (unpaired) electrons. The van der Waals surface area contributed by atoms with Crippen molar-refractivity contribution in [1.82, 2.24) is 0 Å². The van der Waals surface area contributed by atoms with Crippen LogP contribution in [0.1, 0.15) is 6.92 Å². The molecular formula is C6H11N5. The van der Waals surface area contributed by atoms with Crippen LogP contribution >= 0.6 is 0 Å². The van der Waals surface area contributed by atoms with Crippen LogP contribution in [-0.4, -0.2) is 18.5 Å². The number of hydrogen-bond acceptors (Lipinski definition) is 1. The second-order valence-corrected chi connectivity index (χ2v) is 1.64. The molecule has 0 heterocycles. The van der Waals surface area contributed by atoms with E-state index in [9.17, 15) is 0 Å². The van der Waals surface area contributed by atoms with E-state index in [-0.39, 0.29) is 11.9 Å². The molecule has 0 atom stereocenters. The van der Waals surface area contributed by atoms with E-state index in [0.717, 1.165) is 0 Å². The molecule has 0 amide bonds. The standard InChI is InChI=1S/C6H11N5/c1-2-3-4-10-6(9)11-5(7)8/h4H2,1H3,(H6,7,8,9,10,11). The average molecular weight is 153 g/mol. The van der Waals surface area contributed by atoms with E-state index in [4.69, 9.17) is 17.2 Å². The summed E-state index contributed by atoms with van der Waals surface area (Å²) in [6.45, 7) is 2.03. The van der Waals surface area contributed by atoms with E-state index in [1.807, 2.05) is 0 Å². The molecule has 6 N–H and O–H groups in total. The van der Waals surface area contributed by atoms with Crippen molar-refractivity contribution < 1.29 is 0 Å². The van der Waals surface area contributed by atoms with Crippen molar-refractivity contribution in [3.8, 4) is 11.8 Å². The Morgan fingerprint density at radius 2 is 2.00 bits per heavy atom. The van der Waals surface area contributed by atoms with Gasteiger partial charge in [-0.2, -0.15) is 4.99 Å². The summed E-state index contributed by atoms with van der Waals surface area (Å²) in [5.74, 6) is 5.28. The first-order valence-corrected chi connectivity index (χ1v) is 2.96. The Labute approximate surface area is 65.4 Å². The molecule has 0 aromatic rings. The van der Waals surface area contributed by atoms with Crippen molar-refractivity contribution in [2.75, 3.05) is 6.54 Å². The molecule has 0 spiro atoms. The Morgan fingerprint density at radius 3 is 2.45 bits per heavy atom. The molecule has 0 unspecified atom stereocenters. The number of rotatable bonds is 1. The highest BCUT2D eigenvalue weighted by atomic mass is 15.1. The maximum Gasteiger partial charge on any atom is 0.219 e. The van der Waals surface area contributed by atoms with Gasteiger partial charge in [-0.1, -0.05) is 5.92 Å². The summed E-state index contributed by atoms with van der Waals surface area (Å²) in [5.41, 5.74) is 15.3. The van der Waals surface area contributed by atoms with E-state index in [2.05, 4.69) is 21.8 Å². The summed E-state index contributed by atoms with van der Waals surface area (Å²) < 4.78 is 0. The Bertz CT molecular complexity index is 225. The number of hydrogen-bond donors (Lipinski definition) is 3. The Balaban J connectivity index is 3.98. The molecule has 0 aromatic heterocycles. The van der Waals surface area contributed by atoms with Gasteiger partial charge in [0.2, 0.25) is 5.96 Å². The molecule has 0 aliphatic rings. The third-order valence-electron chi connectivity index (χ3n) is 0.741. The quantitative estimate of drug-likeness (QED) is 0.245. The minimum atomic E-state index is -0.101. The fourth-order valence-electron chi connectivity index (χ4n) is 0.367. The summed E-state index contributed by atoms with van der Waals surface area (Å²) in [6, 6.07) is 0. The number of guanidine groups is 2. The Kier molecular flexibility index (Phi) is 4.32. The summed E-state index contributed by atoms with van der Waals surface area (Å²) in [5, 5.41) is 0. The number of nitrogens with zero attached hydrogens (tertiary/aromatic N) is 2. The lowest BCUT2D eigenvalue weighted by atomic mass is 10.6. The Hall–Kier alpha value is -1.70. The molecule has 0 aromatic carbocycles. The summed E-state index contributed by atoms with van der Waals surface area (Å²) in [4.78, 5) is 7.21. The average Bonchev–Trinajstić information content (AvgIpc) is 1.86. The lowest BCUT2D eigenvalue weighted by Crippen LogP contribution is -2.26. The summed E-state index contributed by atoms with van der Waals surface area (Å²) in [7, 11) is 0. The fourth-order valence-corrected chi connectivity index (χ4v) is 0.367. The molecule has 0 aliphatic carbocycles. The number of nitrogens with two attached hydrogens (primary N) is 3. The van der Waals surface area contributed by atoms with Crippen molar-refractivity contribution in [3.05, 3.63) is 0 Å². The van der Waals surface area contributed by atoms with E-state index in [0.29, 0.717) is 6.54 Å². The van der Waals surface area contributed by atoms with Gasteiger partial charge < -0.3 is 17.2 Å². The van der Waals surface area contributed by atoms with Crippen LogP contribution in [0.25, 0.3) is 0 Å². The lowest BCUT2D eigenvalue weighted by molar-refractivity contribution is 1.24. The van der Waals surface area contributed by atoms with Crippen LogP contribution in [0.5, 0.6) is 0 Å². The van der Waals surface area contributed by atoms with Crippen LogP contribution in [0.2, 0.25) is 0 Å². The molecule has 11 heavy (non-hydrogen) atoms. The van der Waals surface area contributed by atoms with Gasteiger partial charge in [-0.25, -0.2) is 4.99 Å². The first-order valence-electron chi connectivity index (χ1n) is 2.96. The van der Waals surface area contributed by atoms with Crippen LogP contribution in [0.4, 0.5) is 0 Å². The highest BCUT2D eigenvalue weighted by Crippen LogP contribution is 1.71. The third kappa shape index (κ3) is 6.18. The topological polar surface area (TPSA) is 103 Å². The van der Waals surface area contributed by atoms with E-state index in [1.165, 1.54) is 0 Å². The molecule has 60 valence electrons. The van der Waals surface area contributed by atoms with E-state index < -0.39 is 0 Å². The van der Waals surface area contributed by atoms with E-state index >= 15 is 0 Å². The van der Waals surface area contributed by atoms with Gasteiger partial charge in [0.05, 0.1) is 0 Å². The smallest absolute Gasteiger partial charge is 0.219 e. The Morgan fingerprint density at radius 1 is 1.36 bits per heavy atom. The number of aliphatic imine (C=N–C) groups is 2. The van der Waals surface area contributed by atoms with Gasteiger partial charge >= 0.3 is 0 Å². The minimum absolute atomic E-state index is 0.0488. The zero-order valence-corrected chi connectivity index (χ0v) is 6.33. The van der Waals surface area contributed by atoms with E-state index in [1.54, 1.807) is 6.92 Å². The minimum Gasteiger partial charge on any atom is -0.370 e. The van der Waals surface area contributed by atoms with Crippen molar-refractivity contribution >= 4 is 11.9 Å². The first-order chi connectivity index (χ1) is 5.16. The van der Waals surface area contributed by atoms with Crippen LogP contribution in [-0.2, 0) is 0 Å². The maximum absolute atomic E-state index is 5.25. The molecule has 0 fully saturated rings. The van der Waals surface area contributed by atoms with Crippen LogP contribution < -0.4 is 17.2 Å². The summed E-state index contributed by atoms with van der Waals surface area (Å²) in [6.07, 6.45) is 0. The first kappa shape index (κ1) is 9.30. The van der Waals surface area contributed by atoms with Crippen LogP contribution in [0.15, 0.2) is 9.98 Å². The van der Waals surface area contributed by atoms with Crippen molar-refractivity contribution in [2.45, 2.75) is 6.92 Å². The highest BCUT2D eigenvalue weighted by Gasteiger charge is 1.84. The molecule has 0 aliphatic heterocycles. The van der Waals surface area contributed by atoms with Crippen molar-refractivity contribution in [2.24, 2.45) is 27.2 Å². The molecule has 0 bridgehead atoms. The van der Waals surface area contributed by atoms with Gasteiger partial charge in [0.25, 0.3) is 0 Å². The van der Waals surface area contributed by atoms with Crippen LogP contribution in [0, 0.1) is 11.8 Å². The second-order valence-electron chi connectivity index (χ2n) is 1.64. The molecule has 0 saturated heterocycles. The van der Waals surface area contributed by atoms with Gasteiger partial charge in [0.15, 0.2) is 5.96 Å². The molecule has 0 rings (SSSR count). The van der Waals surface area contributed by atoms with Gasteiger partial charge in [0, 0.05) is 0 Å². The lowest BCUT2D eigenvalue weighted by Gasteiger charge is -1.90. The SMILES string of the molecule is CC#CCN=C(N)N=C(N)N. The zero-order valence-electron chi connectivity index (χ0n) is 6.33. The van der Waals surface area contributed by atoms with Gasteiger partial charge in [-0.05, 0) is 6.92 Å². The normalized spacial score (nSPS) is 9.73. The van der Waals surface area contributed by atoms with Crippen LogP contribution in [0.3, 0.4) is 0 Å². The molecular weight excluding hydrogens is 142 g/mol. The predicted octanol–water partition coefficient (Wildman–Crippen LogP) is -1.40. The van der Waals surface area contributed by atoms with Gasteiger partial charge in [-0.3, -0.25) is 0 Å². The fraction of sp³-hybridized carbons (Fsp3) is 0.333. The molecule has 0 saturated carbocycles. The highest BCUT2D eigenvalue weighted by molar-refractivity contribution is 5.92. The third-order valence-corrected chi connectivity index (χ3v) is 0.741. The second kappa shape index (κ2) is 5.11. The van der Waals surface area contributed by atoms with Crippen molar-refractivity contribution in [1.29, 1.82) is 0 Å². The maximum atomic E-state index is 5.25. The predicted molar refractivity (Wildman–Crippen MR) is 45.7 cm³/mol. The van der Waals surface area contributed by atoms with Gasteiger partial charge in [0.1, 0.15) is 6.54 Å². The largest absolute Gasteiger partial charge is 0.370 e. The monoisotopic (exact) mass is 153 g/mol. The van der Waals surface area contributed by atoms with Crippen molar-refractivity contribution in [3.63, 3.8) is 0 Å². The molecule has 5 heteroatoms. The zero-order chi connectivity index (χ0) is 8.69. The summed E-state index contributed by atoms with van der Waals surface area (Å²) >= 11 is 0.